The number of aryl methyl sites for hydroxylation is 1. The maximum atomic E-state index is 9.52. The SMILES string of the molecule is Cc1sc(/C(C#N)=C/c2ccc(Cl)cc2)nc1-c1ccc(Br)cc1. The Morgan fingerprint density at radius 1 is 1.17 bits per heavy atom. The van der Waals surface area contributed by atoms with Crippen LogP contribution in [0.15, 0.2) is 53.0 Å². The Kier molecular flexibility index (Phi) is 5.15. The molecule has 0 aliphatic carbocycles. The number of aromatic nitrogens is 1. The van der Waals surface area contributed by atoms with Crippen LogP contribution in [-0.2, 0) is 0 Å². The Labute approximate surface area is 158 Å². The Bertz CT molecular complexity index is 935. The molecule has 3 aromatic rings. The van der Waals surface area contributed by atoms with Crippen LogP contribution in [0.1, 0.15) is 15.4 Å². The Morgan fingerprint density at radius 3 is 2.46 bits per heavy atom. The van der Waals surface area contributed by atoms with Crippen LogP contribution in [0.4, 0.5) is 0 Å². The van der Waals surface area contributed by atoms with Gasteiger partial charge in [0, 0.05) is 19.9 Å². The molecule has 0 saturated carbocycles. The number of thiazole rings is 1. The highest BCUT2D eigenvalue weighted by Gasteiger charge is 2.13. The highest BCUT2D eigenvalue weighted by atomic mass is 79.9. The van der Waals surface area contributed by atoms with Gasteiger partial charge in [0.2, 0.25) is 0 Å². The predicted molar refractivity (Wildman–Crippen MR) is 105 cm³/mol. The van der Waals surface area contributed by atoms with Gasteiger partial charge in [-0.1, -0.05) is 51.8 Å². The topological polar surface area (TPSA) is 36.7 Å². The summed E-state index contributed by atoms with van der Waals surface area (Å²) in [5.41, 5.74) is 3.43. The number of nitriles is 1. The zero-order valence-corrected chi connectivity index (χ0v) is 15.9. The average molecular weight is 416 g/mol. The van der Waals surface area contributed by atoms with Crippen molar-refractivity contribution in [3.8, 4) is 17.3 Å². The van der Waals surface area contributed by atoms with E-state index >= 15 is 0 Å². The summed E-state index contributed by atoms with van der Waals surface area (Å²) < 4.78 is 1.03. The molecule has 0 saturated heterocycles. The van der Waals surface area contributed by atoms with Crippen LogP contribution in [-0.4, -0.2) is 4.98 Å². The molecule has 1 heterocycles. The second-order valence-corrected chi connectivity index (χ2v) is 7.71. The van der Waals surface area contributed by atoms with E-state index in [-0.39, 0.29) is 0 Å². The molecule has 0 spiro atoms. The monoisotopic (exact) mass is 414 g/mol. The van der Waals surface area contributed by atoms with Gasteiger partial charge in [0.15, 0.2) is 0 Å². The number of allylic oxidation sites excluding steroid dienone is 1. The Morgan fingerprint density at radius 2 is 1.83 bits per heavy atom. The van der Waals surface area contributed by atoms with Crippen molar-refractivity contribution in [3.05, 3.63) is 73.5 Å². The summed E-state index contributed by atoms with van der Waals surface area (Å²) in [6.07, 6.45) is 1.83. The first kappa shape index (κ1) is 16.9. The molecule has 2 nitrogen and oxygen atoms in total. The van der Waals surface area contributed by atoms with Crippen LogP contribution in [0.2, 0.25) is 5.02 Å². The smallest absolute Gasteiger partial charge is 0.134 e. The van der Waals surface area contributed by atoms with Crippen LogP contribution in [0.25, 0.3) is 22.9 Å². The molecule has 0 aliphatic rings. The normalized spacial score (nSPS) is 11.3. The molecule has 0 amide bonds. The van der Waals surface area contributed by atoms with E-state index < -0.39 is 0 Å². The number of benzene rings is 2. The van der Waals surface area contributed by atoms with Gasteiger partial charge in [-0.2, -0.15) is 5.26 Å². The lowest BCUT2D eigenvalue weighted by atomic mass is 10.1. The summed E-state index contributed by atoms with van der Waals surface area (Å²) in [6.45, 7) is 2.02. The zero-order valence-electron chi connectivity index (χ0n) is 12.8. The summed E-state index contributed by atoms with van der Waals surface area (Å²) in [5, 5.41) is 10.9. The third kappa shape index (κ3) is 3.76. The van der Waals surface area contributed by atoms with Gasteiger partial charge in [-0.15, -0.1) is 11.3 Å². The van der Waals surface area contributed by atoms with E-state index in [9.17, 15) is 5.26 Å². The minimum atomic E-state index is 0.550. The molecule has 2 aromatic carbocycles. The van der Waals surface area contributed by atoms with Crippen molar-refractivity contribution >= 4 is 50.5 Å². The molecule has 0 bridgehead atoms. The van der Waals surface area contributed by atoms with Crippen LogP contribution in [0.3, 0.4) is 0 Å². The van der Waals surface area contributed by atoms with Crippen molar-refractivity contribution in [2.75, 3.05) is 0 Å². The Balaban J connectivity index is 1.99. The first-order chi connectivity index (χ1) is 11.6. The molecule has 0 N–H and O–H groups in total. The first-order valence-corrected chi connectivity index (χ1v) is 9.16. The molecule has 0 atom stereocenters. The van der Waals surface area contributed by atoms with Gasteiger partial charge in [0.1, 0.15) is 11.1 Å². The van der Waals surface area contributed by atoms with E-state index in [1.54, 1.807) is 0 Å². The van der Waals surface area contributed by atoms with Crippen molar-refractivity contribution in [3.63, 3.8) is 0 Å². The van der Waals surface area contributed by atoms with Gasteiger partial charge in [-0.25, -0.2) is 4.98 Å². The van der Waals surface area contributed by atoms with Crippen LogP contribution >= 0.6 is 38.9 Å². The molecule has 0 unspecified atom stereocenters. The molecule has 5 heteroatoms. The fraction of sp³-hybridized carbons (Fsp3) is 0.0526. The van der Waals surface area contributed by atoms with E-state index in [2.05, 4.69) is 27.0 Å². The highest BCUT2D eigenvalue weighted by molar-refractivity contribution is 9.10. The minimum Gasteiger partial charge on any atom is -0.235 e. The second kappa shape index (κ2) is 7.31. The lowest BCUT2D eigenvalue weighted by Gasteiger charge is -1.98. The summed E-state index contributed by atoms with van der Waals surface area (Å²) in [5.74, 6) is 0. The van der Waals surface area contributed by atoms with Gasteiger partial charge < -0.3 is 0 Å². The number of rotatable bonds is 3. The van der Waals surface area contributed by atoms with Crippen molar-refractivity contribution in [1.29, 1.82) is 5.26 Å². The lowest BCUT2D eigenvalue weighted by Crippen LogP contribution is -1.83. The summed E-state index contributed by atoms with van der Waals surface area (Å²) in [6, 6.07) is 17.7. The van der Waals surface area contributed by atoms with E-state index in [1.807, 2.05) is 61.5 Å². The summed E-state index contributed by atoms with van der Waals surface area (Å²) in [7, 11) is 0. The van der Waals surface area contributed by atoms with Gasteiger partial charge in [-0.05, 0) is 42.8 Å². The molecular weight excluding hydrogens is 404 g/mol. The fourth-order valence-corrected chi connectivity index (χ4v) is 3.55. The van der Waals surface area contributed by atoms with E-state index in [4.69, 9.17) is 11.6 Å². The standard InChI is InChI=1S/C19H12BrClN2S/c1-12-18(14-4-6-16(20)7-5-14)23-19(24-12)15(11-22)10-13-2-8-17(21)9-3-13/h2-10H,1H3/b15-10+. The van der Waals surface area contributed by atoms with Gasteiger partial charge in [-0.3, -0.25) is 0 Å². The maximum absolute atomic E-state index is 9.52. The van der Waals surface area contributed by atoms with Crippen molar-refractivity contribution in [2.24, 2.45) is 0 Å². The number of nitrogens with zero attached hydrogens (tertiary/aromatic N) is 2. The number of halogens is 2. The molecule has 3 rings (SSSR count). The molecule has 0 radical (unpaired) electrons. The van der Waals surface area contributed by atoms with Gasteiger partial charge >= 0.3 is 0 Å². The van der Waals surface area contributed by atoms with Gasteiger partial charge in [0.05, 0.1) is 11.3 Å². The van der Waals surface area contributed by atoms with E-state index in [1.165, 1.54) is 11.3 Å². The third-order valence-electron chi connectivity index (χ3n) is 3.45. The largest absolute Gasteiger partial charge is 0.235 e. The summed E-state index contributed by atoms with van der Waals surface area (Å²) >= 11 is 10.9. The van der Waals surface area contributed by atoms with Crippen LogP contribution in [0.5, 0.6) is 0 Å². The molecule has 1 aromatic heterocycles. The first-order valence-electron chi connectivity index (χ1n) is 7.18. The molecule has 0 fully saturated rings. The molecular formula is C19H12BrClN2S. The van der Waals surface area contributed by atoms with Crippen LogP contribution in [0, 0.1) is 18.3 Å². The molecule has 0 aliphatic heterocycles. The van der Waals surface area contributed by atoms with Crippen LogP contribution < -0.4 is 0 Å². The quantitative estimate of drug-likeness (QED) is 0.452. The second-order valence-electron chi connectivity index (χ2n) is 5.15. The fourth-order valence-electron chi connectivity index (χ4n) is 2.25. The van der Waals surface area contributed by atoms with Crippen molar-refractivity contribution < 1.29 is 0 Å². The molecule has 118 valence electrons. The predicted octanol–water partition coefficient (Wildman–Crippen LogP) is 6.60. The number of hydrogen-bond donors (Lipinski definition) is 0. The molecule has 24 heavy (non-hydrogen) atoms. The number of hydrogen-bond acceptors (Lipinski definition) is 3. The zero-order chi connectivity index (χ0) is 17.1. The Hall–Kier alpha value is -1.93. The summed E-state index contributed by atoms with van der Waals surface area (Å²) in [4.78, 5) is 5.77. The highest BCUT2D eigenvalue weighted by Crippen LogP contribution is 2.32. The van der Waals surface area contributed by atoms with Crippen molar-refractivity contribution in [2.45, 2.75) is 6.92 Å². The van der Waals surface area contributed by atoms with E-state index in [0.717, 1.165) is 31.2 Å². The average Bonchev–Trinajstić information content (AvgIpc) is 2.96. The van der Waals surface area contributed by atoms with Crippen molar-refractivity contribution in [1.82, 2.24) is 4.98 Å². The third-order valence-corrected chi connectivity index (χ3v) is 5.23. The lowest BCUT2D eigenvalue weighted by molar-refractivity contribution is 1.34. The van der Waals surface area contributed by atoms with E-state index in [0.29, 0.717) is 10.6 Å². The maximum Gasteiger partial charge on any atom is 0.134 e. The van der Waals surface area contributed by atoms with Gasteiger partial charge in [0.25, 0.3) is 0 Å². The minimum absolute atomic E-state index is 0.550.